The average molecular weight is 310 g/mol. The third-order valence-electron chi connectivity index (χ3n) is 2.33. The Balaban J connectivity index is 2.19. The fourth-order valence-electron chi connectivity index (χ4n) is 1.55. The summed E-state index contributed by atoms with van der Waals surface area (Å²) in [7, 11) is 0. The van der Waals surface area contributed by atoms with Crippen molar-refractivity contribution < 1.29 is 14.3 Å². The number of ether oxygens (including phenoxy) is 2. The maximum atomic E-state index is 11.2. The van der Waals surface area contributed by atoms with Crippen LogP contribution in [-0.4, -0.2) is 24.2 Å². The Bertz CT molecular complexity index is 571. The number of pyridine rings is 1. The van der Waals surface area contributed by atoms with E-state index in [1.54, 1.807) is 19.2 Å². The highest BCUT2D eigenvalue weighted by Gasteiger charge is 2.09. The van der Waals surface area contributed by atoms with Crippen LogP contribution >= 0.6 is 15.9 Å². The second-order valence-corrected chi connectivity index (χ2v) is 4.33. The Hall–Kier alpha value is -1.62. The van der Waals surface area contributed by atoms with E-state index in [9.17, 15) is 4.79 Å². The SMILES string of the molecule is CCOC(=O)COc1ccc2ncccc2c1Br. The van der Waals surface area contributed by atoms with Gasteiger partial charge >= 0.3 is 5.97 Å². The molecule has 0 atom stereocenters. The van der Waals surface area contributed by atoms with E-state index in [1.165, 1.54) is 0 Å². The molecule has 0 fully saturated rings. The Labute approximate surface area is 113 Å². The zero-order valence-electron chi connectivity index (χ0n) is 9.85. The Kier molecular flexibility index (Phi) is 4.15. The number of hydrogen-bond donors (Lipinski definition) is 0. The molecule has 1 aromatic carbocycles. The first-order valence-corrected chi connectivity index (χ1v) is 6.33. The molecule has 0 radical (unpaired) electrons. The summed E-state index contributed by atoms with van der Waals surface area (Å²) < 4.78 is 11.0. The van der Waals surface area contributed by atoms with Gasteiger partial charge in [-0.05, 0) is 41.1 Å². The number of nitrogens with zero attached hydrogens (tertiary/aromatic N) is 1. The molecule has 1 aromatic heterocycles. The Morgan fingerprint density at radius 3 is 3.00 bits per heavy atom. The van der Waals surface area contributed by atoms with Gasteiger partial charge in [-0.3, -0.25) is 4.98 Å². The molecule has 0 saturated heterocycles. The number of benzene rings is 1. The number of fused-ring (bicyclic) bond motifs is 1. The average Bonchev–Trinajstić information content (AvgIpc) is 2.39. The third-order valence-corrected chi connectivity index (χ3v) is 3.15. The predicted octanol–water partition coefficient (Wildman–Crippen LogP) is 2.94. The van der Waals surface area contributed by atoms with Crippen molar-refractivity contribution in [3.63, 3.8) is 0 Å². The van der Waals surface area contributed by atoms with Crippen LogP contribution in [0.4, 0.5) is 0 Å². The van der Waals surface area contributed by atoms with Crippen molar-refractivity contribution in [1.82, 2.24) is 4.98 Å². The minimum atomic E-state index is -0.379. The second-order valence-electron chi connectivity index (χ2n) is 3.54. The van der Waals surface area contributed by atoms with Gasteiger partial charge in [-0.1, -0.05) is 6.07 Å². The third kappa shape index (κ3) is 2.79. The highest BCUT2D eigenvalue weighted by Crippen LogP contribution is 2.32. The van der Waals surface area contributed by atoms with E-state index in [2.05, 4.69) is 20.9 Å². The first kappa shape index (κ1) is 12.8. The monoisotopic (exact) mass is 309 g/mol. The van der Waals surface area contributed by atoms with Gasteiger partial charge in [-0.15, -0.1) is 0 Å². The highest BCUT2D eigenvalue weighted by molar-refractivity contribution is 9.10. The molecule has 0 bridgehead atoms. The van der Waals surface area contributed by atoms with Crippen LogP contribution in [0.25, 0.3) is 10.9 Å². The standard InChI is InChI=1S/C13H12BrNO3/c1-2-17-12(16)8-18-11-6-5-10-9(13(11)14)4-3-7-15-10/h3-7H,2,8H2,1H3. The summed E-state index contributed by atoms with van der Waals surface area (Å²) in [5, 5.41) is 0.943. The molecule has 0 saturated carbocycles. The van der Waals surface area contributed by atoms with E-state index < -0.39 is 0 Å². The van der Waals surface area contributed by atoms with Crippen LogP contribution in [0, 0.1) is 0 Å². The van der Waals surface area contributed by atoms with Gasteiger partial charge in [0.05, 0.1) is 16.6 Å². The second kappa shape index (κ2) is 5.82. The molecule has 0 unspecified atom stereocenters. The number of aromatic nitrogens is 1. The minimum absolute atomic E-state index is 0.0990. The normalized spacial score (nSPS) is 10.3. The van der Waals surface area contributed by atoms with Gasteiger partial charge in [0.1, 0.15) is 5.75 Å². The van der Waals surface area contributed by atoms with Crippen molar-refractivity contribution in [1.29, 1.82) is 0 Å². The maximum absolute atomic E-state index is 11.2. The summed E-state index contributed by atoms with van der Waals surface area (Å²) in [6, 6.07) is 7.41. The molecule has 4 nitrogen and oxygen atoms in total. The number of hydrogen-bond acceptors (Lipinski definition) is 4. The number of carbonyl (C=O) groups excluding carboxylic acids is 1. The number of esters is 1. The van der Waals surface area contributed by atoms with E-state index in [1.807, 2.05) is 18.2 Å². The zero-order valence-corrected chi connectivity index (χ0v) is 11.4. The summed E-state index contributed by atoms with van der Waals surface area (Å²) in [5.41, 5.74) is 0.868. The lowest BCUT2D eigenvalue weighted by Gasteiger charge is -2.09. The molecule has 0 N–H and O–H groups in total. The van der Waals surface area contributed by atoms with Crippen molar-refractivity contribution in [2.24, 2.45) is 0 Å². The molecule has 0 amide bonds. The van der Waals surface area contributed by atoms with Crippen molar-refractivity contribution in [2.75, 3.05) is 13.2 Å². The fraction of sp³-hybridized carbons (Fsp3) is 0.231. The molecular formula is C13H12BrNO3. The van der Waals surface area contributed by atoms with Crippen molar-refractivity contribution in [3.05, 3.63) is 34.9 Å². The van der Waals surface area contributed by atoms with Crippen LogP contribution in [-0.2, 0) is 9.53 Å². The first-order valence-electron chi connectivity index (χ1n) is 5.54. The summed E-state index contributed by atoms with van der Waals surface area (Å²) in [5.74, 6) is 0.222. The quantitative estimate of drug-likeness (QED) is 0.815. The zero-order chi connectivity index (χ0) is 13.0. The van der Waals surface area contributed by atoms with E-state index in [-0.39, 0.29) is 12.6 Å². The van der Waals surface area contributed by atoms with Crippen molar-refractivity contribution in [3.8, 4) is 5.75 Å². The van der Waals surface area contributed by atoms with E-state index in [0.29, 0.717) is 12.4 Å². The molecule has 0 aliphatic heterocycles. The molecular weight excluding hydrogens is 298 g/mol. The van der Waals surface area contributed by atoms with Gasteiger partial charge in [0.2, 0.25) is 0 Å². The largest absolute Gasteiger partial charge is 0.481 e. The molecule has 2 rings (SSSR count). The van der Waals surface area contributed by atoms with Crippen LogP contribution in [0.1, 0.15) is 6.92 Å². The van der Waals surface area contributed by atoms with Crippen LogP contribution < -0.4 is 4.74 Å². The predicted molar refractivity (Wildman–Crippen MR) is 71.6 cm³/mol. The van der Waals surface area contributed by atoms with Gasteiger partial charge in [0.25, 0.3) is 0 Å². The molecule has 94 valence electrons. The van der Waals surface area contributed by atoms with Gasteiger partial charge < -0.3 is 9.47 Å². The Morgan fingerprint density at radius 1 is 1.39 bits per heavy atom. The lowest BCUT2D eigenvalue weighted by molar-refractivity contribution is -0.145. The smallest absolute Gasteiger partial charge is 0.344 e. The van der Waals surface area contributed by atoms with Crippen LogP contribution in [0.5, 0.6) is 5.75 Å². The van der Waals surface area contributed by atoms with Crippen LogP contribution in [0.2, 0.25) is 0 Å². The molecule has 0 aliphatic carbocycles. The summed E-state index contributed by atoms with van der Waals surface area (Å²) in [6.07, 6.45) is 1.73. The van der Waals surface area contributed by atoms with Crippen LogP contribution in [0.3, 0.4) is 0 Å². The molecule has 2 aromatic rings. The maximum Gasteiger partial charge on any atom is 0.344 e. The van der Waals surface area contributed by atoms with E-state index >= 15 is 0 Å². The summed E-state index contributed by atoms with van der Waals surface area (Å²) in [6.45, 7) is 2.01. The molecule has 18 heavy (non-hydrogen) atoms. The molecule has 1 heterocycles. The molecule has 0 aliphatic rings. The summed E-state index contributed by atoms with van der Waals surface area (Å²) >= 11 is 3.45. The first-order chi connectivity index (χ1) is 8.72. The number of halogens is 1. The lowest BCUT2D eigenvalue weighted by atomic mass is 10.2. The fourth-order valence-corrected chi connectivity index (χ4v) is 2.13. The van der Waals surface area contributed by atoms with E-state index in [4.69, 9.17) is 9.47 Å². The minimum Gasteiger partial charge on any atom is -0.481 e. The van der Waals surface area contributed by atoms with Gasteiger partial charge in [-0.25, -0.2) is 4.79 Å². The van der Waals surface area contributed by atoms with Gasteiger partial charge in [0, 0.05) is 11.6 Å². The number of carbonyl (C=O) groups is 1. The molecule has 5 heteroatoms. The van der Waals surface area contributed by atoms with Gasteiger partial charge in [0.15, 0.2) is 6.61 Å². The topological polar surface area (TPSA) is 48.4 Å². The number of rotatable bonds is 4. The van der Waals surface area contributed by atoms with Crippen LogP contribution in [0.15, 0.2) is 34.9 Å². The summed E-state index contributed by atoms with van der Waals surface area (Å²) in [4.78, 5) is 15.4. The Morgan fingerprint density at radius 2 is 2.22 bits per heavy atom. The van der Waals surface area contributed by atoms with Gasteiger partial charge in [-0.2, -0.15) is 0 Å². The van der Waals surface area contributed by atoms with Crippen molar-refractivity contribution >= 4 is 32.8 Å². The lowest BCUT2D eigenvalue weighted by Crippen LogP contribution is -2.14. The highest BCUT2D eigenvalue weighted by atomic mass is 79.9. The van der Waals surface area contributed by atoms with Crippen molar-refractivity contribution in [2.45, 2.75) is 6.92 Å². The molecule has 0 spiro atoms. The van der Waals surface area contributed by atoms with E-state index in [0.717, 1.165) is 15.4 Å².